The van der Waals surface area contributed by atoms with E-state index in [9.17, 15) is 0 Å². The van der Waals surface area contributed by atoms with Gasteiger partial charge in [-0.25, -0.2) is 0 Å². The van der Waals surface area contributed by atoms with E-state index >= 15 is 0 Å². The Kier molecular flexibility index (Phi) is 16.5. The zero-order valence-corrected chi connectivity index (χ0v) is 26.3. The monoisotopic (exact) mass is 478 g/mol. The Balaban J connectivity index is 5.06. The number of hydrogen-bond acceptors (Lipinski definition) is 0. The van der Waals surface area contributed by atoms with Crippen LogP contribution in [0.4, 0.5) is 0 Å². The summed E-state index contributed by atoms with van der Waals surface area (Å²) >= 11 is 0. The molecule has 0 bridgehead atoms. The van der Waals surface area contributed by atoms with Gasteiger partial charge in [-0.2, -0.15) is 0 Å². The summed E-state index contributed by atoms with van der Waals surface area (Å²) in [6.45, 7) is 27.2. The summed E-state index contributed by atoms with van der Waals surface area (Å²) in [5, 5.41) is 0. The fourth-order valence-corrected chi connectivity index (χ4v) is 9.70. The molecule has 0 fully saturated rings. The molecule has 0 N–H and O–H groups in total. The molecule has 2 heteroatoms. The average Bonchev–Trinajstić information content (AvgIpc) is 2.61. The Bertz CT molecular complexity index is 504. The van der Waals surface area contributed by atoms with E-state index in [-0.39, 0.29) is 0 Å². The van der Waals surface area contributed by atoms with Crippen LogP contribution in [0.3, 0.4) is 0 Å². The topological polar surface area (TPSA) is 0 Å². The molecule has 0 aromatic heterocycles. The lowest BCUT2D eigenvalue weighted by atomic mass is 9.87. The number of allylic oxidation sites excluding steroid dienone is 4. The van der Waals surface area contributed by atoms with Crippen LogP contribution in [0.2, 0.25) is 51.4 Å². The van der Waals surface area contributed by atoms with Crippen molar-refractivity contribution in [3.05, 3.63) is 24.3 Å². The molecule has 0 aromatic rings. The molecule has 0 nitrogen and oxygen atoms in total. The molecule has 4 atom stereocenters. The van der Waals surface area contributed by atoms with Crippen LogP contribution in [0.25, 0.3) is 0 Å². The molecule has 0 radical (unpaired) electrons. The molecule has 190 valence electrons. The van der Waals surface area contributed by atoms with Gasteiger partial charge in [-0.3, -0.25) is 0 Å². The highest BCUT2D eigenvalue weighted by Crippen LogP contribution is 2.31. The van der Waals surface area contributed by atoms with E-state index in [1.54, 1.807) is 0 Å². The normalized spacial score (nSPS) is 17.4. The zero-order chi connectivity index (χ0) is 24.8. The van der Waals surface area contributed by atoms with Crippen molar-refractivity contribution in [3.8, 4) is 0 Å². The minimum Gasteiger partial charge on any atom is -0.0879 e. The van der Waals surface area contributed by atoms with E-state index in [1.807, 2.05) is 0 Å². The second-order valence-corrected chi connectivity index (χ2v) is 24.8. The largest absolute Gasteiger partial charge is 0.0879 e. The van der Waals surface area contributed by atoms with Gasteiger partial charge in [0.25, 0.3) is 0 Å². The van der Waals surface area contributed by atoms with Crippen LogP contribution in [-0.2, 0) is 0 Å². The molecule has 0 aromatic carbocycles. The molecule has 0 saturated carbocycles. The molecule has 0 saturated heterocycles. The Morgan fingerprint density at radius 2 is 1.19 bits per heavy atom. The highest BCUT2D eigenvalue weighted by Gasteiger charge is 2.24. The fraction of sp³-hybridized carbons (Fsp3) is 0.867. The predicted octanol–water partition coefficient (Wildman–Crippen LogP) is 11.1. The first-order valence-electron chi connectivity index (χ1n) is 14.1. The van der Waals surface area contributed by atoms with Crippen LogP contribution < -0.4 is 0 Å². The highest BCUT2D eigenvalue weighted by molar-refractivity contribution is 6.76. The predicted molar refractivity (Wildman–Crippen MR) is 157 cm³/mol. The maximum absolute atomic E-state index is 2.63. The van der Waals surface area contributed by atoms with Gasteiger partial charge < -0.3 is 0 Å². The Morgan fingerprint density at radius 1 is 0.625 bits per heavy atom. The van der Waals surface area contributed by atoms with Crippen molar-refractivity contribution in [1.29, 1.82) is 0 Å². The summed E-state index contributed by atoms with van der Waals surface area (Å²) in [6, 6.07) is 2.87. The Labute approximate surface area is 207 Å². The zero-order valence-electron chi connectivity index (χ0n) is 24.3. The summed E-state index contributed by atoms with van der Waals surface area (Å²) < 4.78 is 0. The molecule has 4 unspecified atom stereocenters. The SMILES string of the molecule is CCCC(/C=C/C(/C=C/CCCCCCC(C)C)C(C)C[Si](C)(C)C)C(C)C[Si](C)(C)C. The lowest BCUT2D eigenvalue weighted by Gasteiger charge is -2.28. The highest BCUT2D eigenvalue weighted by atomic mass is 28.3. The third-order valence-electron chi connectivity index (χ3n) is 6.72. The van der Waals surface area contributed by atoms with Gasteiger partial charge in [0.1, 0.15) is 0 Å². The van der Waals surface area contributed by atoms with Crippen molar-refractivity contribution in [3.63, 3.8) is 0 Å². The van der Waals surface area contributed by atoms with Gasteiger partial charge in [0.05, 0.1) is 0 Å². The summed E-state index contributed by atoms with van der Waals surface area (Å²) in [6.07, 6.45) is 21.2. The minimum absolute atomic E-state index is 0.612. The van der Waals surface area contributed by atoms with E-state index in [0.29, 0.717) is 5.92 Å². The maximum atomic E-state index is 2.63. The van der Waals surface area contributed by atoms with Crippen molar-refractivity contribution in [2.24, 2.45) is 29.6 Å². The molecule has 0 aliphatic carbocycles. The lowest BCUT2D eigenvalue weighted by Crippen LogP contribution is -2.26. The van der Waals surface area contributed by atoms with Crippen LogP contribution in [-0.4, -0.2) is 16.1 Å². The van der Waals surface area contributed by atoms with E-state index < -0.39 is 16.1 Å². The third kappa shape index (κ3) is 18.4. The van der Waals surface area contributed by atoms with Gasteiger partial charge in [-0.05, 0) is 48.9 Å². The summed E-state index contributed by atoms with van der Waals surface area (Å²) in [7, 11) is -2.06. The maximum Gasteiger partial charge on any atom is 0.0445 e. The van der Waals surface area contributed by atoms with Gasteiger partial charge in [-0.1, -0.05) is 142 Å². The molecular weight excluding hydrogens is 417 g/mol. The number of rotatable bonds is 18. The molecule has 0 heterocycles. The summed E-state index contributed by atoms with van der Waals surface area (Å²) in [5.74, 6) is 3.81. The molecule has 0 aliphatic heterocycles. The van der Waals surface area contributed by atoms with Crippen LogP contribution in [0.1, 0.15) is 86.0 Å². The number of hydrogen-bond donors (Lipinski definition) is 0. The second kappa shape index (κ2) is 16.5. The third-order valence-corrected chi connectivity index (χ3v) is 10.5. The number of unbranched alkanes of at least 4 members (excludes halogenated alkanes) is 4. The van der Waals surface area contributed by atoms with Crippen LogP contribution in [0.15, 0.2) is 24.3 Å². The van der Waals surface area contributed by atoms with E-state index in [2.05, 4.69) is 98.2 Å². The quantitative estimate of drug-likeness (QED) is 0.104. The van der Waals surface area contributed by atoms with E-state index in [1.165, 1.54) is 63.5 Å². The first-order valence-corrected chi connectivity index (χ1v) is 21.5. The van der Waals surface area contributed by atoms with Crippen molar-refractivity contribution in [2.45, 2.75) is 137 Å². The first-order chi connectivity index (χ1) is 14.7. The molecular formula is C30H62Si2. The second-order valence-electron chi connectivity index (χ2n) is 13.7. The van der Waals surface area contributed by atoms with Gasteiger partial charge in [0.15, 0.2) is 0 Å². The summed E-state index contributed by atoms with van der Waals surface area (Å²) in [4.78, 5) is 0. The van der Waals surface area contributed by atoms with Crippen LogP contribution >= 0.6 is 0 Å². The van der Waals surface area contributed by atoms with E-state index in [0.717, 1.165) is 23.7 Å². The van der Waals surface area contributed by atoms with Crippen molar-refractivity contribution >= 4 is 16.1 Å². The van der Waals surface area contributed by atoms with Crippen molar-refractivity contribution in [2.75, 3.05) is 0 Å². The van der Waals surface area contributed by atoms with Crippen LogP contribution in [0.5, 0.6) is 0 Å². The Hall–Kier alpha value is -0.0862. The minimum atomic E-state index is -1.05. The summed E-state index contributed by atoms with van der Waals surface area (Å²) in [5.41, 5.74) is 0. The smallest absolute Gasteiger partial charge is 0.0445 e. The van der Waals surface area contributed by atoms with Gasteiger partial charge in [0, 0.05) is 16.1 Å². The van der Waals surface area contributed by atoms with Gasteiger partial charge in [0.2, 0.25) is 0 Å². The van der Waals surface area contributed by atoms with Crippen molar-refractivity contribution < 1.29 is 0 Å². The molecule has 0 aliphatic rings. The molecule has 0 amide bonds. The van der Waals surface area contributed by atoms with Gasteiger partial charge in [-0.15, -0.1) is 0 Å². The molecule has 32 heavy (non-hydrogen) atoms. The van der Waals surface area contributed by atoms with Crippen LogP contribution in [0, 0.1) is 29.6 Å². The van der Waals surface area contributed by atoms with Gasteiger partial charge >= 0.3 is 0 Å². The molecule has 0 rings (SSSR count). The lowest BCUT2D eigenvalue weighted by molar-refractivity contribution is 0.423. The van der Waals surface area contributed by atoms with E-state index in [4.69, 9.17) is 0 Å². The average molecular weight is 479 g/mol. The van der Waals surface area contributed by atoms with Crippen molar-refractivity contribution in [1.82, 2.24) is 0 Å². The molecule has 0 spiro atoms. The first kappa shape index (κ1) is 31.9. The Morgan fingerprint density at radius 3 is 1.72 bits per heavy atom. The fourth-order valence-electron chi connectivity index (χ4n) is 5.26. The standard InChI is InChI=1S/C30H62Si2/c1-12-19-29(27(4)24-31(6,7)8)22-23-30(28(5)25-32(9,10)11)21-18-16-14-13-15-17-20-26(2)3/h18,21-23,26-30H,12-17,19-20,24-25H2,1-11H3/b21-18+,23-22+.